The predicted octanol–water partition coefficient (Wildman–Crippen LogP) is 0.192. The van der Waals surface area contributed by atoms with Crippen molar-refractivity contribution in [2.45, 2.75) is 0 Å². The third-order valence-electron chi connectivity index (χ3n) is 2.67. The molecular weight excluding hydrogens is 262 g/mol. The van der Waals surface area contributed by atoms with E-state index >= 15 is 0 Å². The van der Waals surface area contributed by atoms with Gasteiger partial charge in [-0.1, -0.05) is 0 Å². The first-order valence-electron chi connectivity index (χ1n) is 6.25. The van der Waals surface area contributed by atoms with Gasteiger partial charge in [0.15, 0.2) is 6.61 Å². The molecule has 0 radical (unpaired) electrons. The molecule has 0 atom stereocenters. The summed E-state index contributed by atoms with van der Waals surface area (Å²) in [5.41, 5.74) is 1.23. The molecule has 7 nitrogen and oxygen atoms in total. The molecule has 0 aromatic heterocycles. The quantitative estimate of drug-likeness (QED) is 0.647. The molecule has 0 saturated carbocycles. The van der Waals surface area contributed by atoms with E-state index in [-0.39, 0.29) is 25.0 Å². The fraction of sp³-hybridized carbons (Fsp3) is 0.385. The van der Waals surface area contributed by atoms with Gasteiger partial charge in [-0.15, -0.1) is 0 Å². The van der Waals surface area contributed by atoms with Crippen LogP contribution < -0.4 is 20.7 Å². The van der Waals surface area contributed by atoms with Crippen molar-refractivity contribution in [2.75, 3.05) is 44.0 Å². The number of amides is 2. The van der Waals surface area contributed by atoms with Crippen molar-refractivity contribution >= 4 is 23.2 Å². The van der Waals surface area contributed by atoms with Gasteiger partial charge < -0.3 is 25.4 Å². The third-order valence-corrected chi connectivity index (χ3v) is 2.67. The first kappa shape index (κ1) is 14.3. The number of hydrogen-bond acceptors (Lipinski definition) is 5. The number of methoxy groups -OCH3 is 1. The van der Waals surface area contributed by atoms with Gasteiger partial charge in [0.25, 0.3) is 5.91 Å². The van der Waals surface area contributed by atoms with E-state index in [1.165, 1.54) is 0 Å². The van der Waals surface area contributed by atoms with Crippen molar-refractivity contribution in [1.29, 1.82) is 0 Å². The molecule has 0 bridgehead atoms. The van der Waals surface area contributed by atoms with Crippen LogP contribution >= 0.6 is 0 Å². The zero-order chi connectivity index (χ0) is 14.4. The highest BCUT2D eigenvalue weighted by molar-refractivity contribution is 5.97. The van der Waals surface area contributed by atoms with E-state index in [1.54, 1.807) is 25.3 Å². The fourth-order valence-corrected chi connectivity index (χ4v) is 1.73. The summed E-state index contributed by atoms with van der Waals surface area (Å²) in [6.45, 7) is 1.37. The lowest BCUT2D eigenvalue weighted by atomic mass is 10.2. The SMILES string of the molecule is COCCNCC(=O)Nc1ccc2c(c1)OCC(=O)N2. The van der Waals surface area contributed by atoms with E-state index in [0.717, 1.165) is 0 Å². The maximum Gasteiger partial charge on any atom is 0.262 e. The van der Waals surface area contributed by atoms with Crippen molar-refractivity contribution in [3.8, 4) is 5.75 Å². The van der Waals surface area contributed by atoms with Crippen LogP contribution in [0.3, 0.4) is 0 Å². The Morgan fingerprint density at radius 3 is 3.15 bits per heavy atom. The molecule has 7 heteroatoms. The Hall–Kier alpha value is -2.12. The van der Waals surface area contributed by atoms with E-state index in [1.807, 2.05) is 0 Å². The molecule has 108 valence electrons. The molecule has 1 aliphatic heterocycles. The number of anilines is 2. The van der Waals surface area contributed by atoms with Crippen molar-refractivity contribution in [3.63, 3.8) is 0 Å². The highest BCUT2D eigenvalue weighted by Crippen LogP contribution is 2.30. The molecule has 1 aromatic rings. The predicted molar refractivity (Wildman–Crippen MR) is 73.9 cm³/mol. The Labute approximate surface area is 116 Å². The first-order chi connectivity index (χ1) is 9.69. The lowest BCUT2D eigenvalue weighted by molar-refractivity contribution is -0.118. The number of benzene rings is 1. The van der Waals surface area contributed by atoms with Crippen molar-refractivity contribution in [3.05, 3.63) is 18.2 Å². The van der Waals surface area contributed by atoms with E-state index in [9.17, 15) is 9.59 Å². The summed E-state index contributed by atoms with van der Waals surface area (Å²) in [7, 11) is 1.60. The Bertz CT molecular complexity index is 504. The second-order valence-corrected chi connectivity index (χ2v) is 4.27. The Kier molecular flexibility index (Phi) is 4.91. The molecule has 2 rings (SSSR count). The van der Waals surface area contributed by atoms with Crippen molar-refractivity contribution < 1.29 is 19.1 Å². The van der Waals surface area contributed by atoms with Gasteiger partial charge in [0.05, 0.1) is 18.8 Å². The number of hydrogen-bond donors (Lipinski definition) is 3. The van der Waals surface area contributed by atoms with Gasteiger partial charge in [0.1, 0.15) is 5.75 Å². The topological polar surface area (TPSA) is 88.7 Å². The molecule has 3 N–H and O–H groups in total. The molecule has 0 fully saturated rings. The summed E-state index contributed by atoms with van der Waals surface area (Å²) >= 11 is 0. The molecule has 0 saturated heterocycles. The second-order valence-electron chi connectivity index (χ2n) is 4.27. The highest BCUT2D eigenvalue weighted by atomic mass is 16.5. The lowest BCUT2D eigenvalue weighted by Crippen LogP contribution is -2.30. The van der Waals surface area contributed by atoms with Crippen LogP contribution in [0.15, 0.2) is 18.2 Å². The van der Waals surface area contributed by atoms with Crippen molar-refractivity contribution in [1.82, 2.24) is 5.32 Å². The monoisotopic (exact) mass is 279 g/mol. The number of carbonyl (C=O) groups is 2. The van der Waals surface area contributed by atoms with E-state index in [0.29, 0.717) is 30.3 Å². The van der Waals surface area contributed by atoms with E-state index < -0.39 is 0 Å². The molecule has 0 aliphatic carbocycles. The smallest absolute Gasteiger partial charge is 0.262 e. The average molecular weight is 279 g/mol. The molecular formula is C13H17N3O4. The molecule has 1 heterocycles. The van der Waals surface area contributed by atoms with Crippen LogP contribution in [-0.2, 0) is 14.3 Å². The zero-order valence-electron chi connectivity index (χ0n) is 11.2. The maximum absolute atomic E-state index is 11.7. The minimum Gasteiger partial charge on any atom is -0.482 e. The summed E-state index contributed by atoms with van der Waals surface area (Å²) in [5, 5.41) is 8.38. The molecule has 0 spiro atoms. The van der Waals surface area contributed by atoms with Gasteiger partial charge in [0, 0.05) is 25.4 Å². The van der Waals surface area contributed by atoms with Crippen LogP contribution in [0.2, 0.25) is 0 Å². The lowest BCUT2D eigenvalue weighted by Gasteiger charge is -2.18. The second kappa shape index (κ2) is 6.88. The standard InChI is InChI=1S/C13H17N3O4/c1-19-5-4-14-7-12(17)15-9-2-3-10-11(6-9)20-8-13(18)16-10/h2-3,6,14H,4-5,7-8H2,1H3,(H,15,17)(H,16,18). The van der Waals surface area contributed by atoms with Crippen molar-refractivity contribution in [2.24, 2.45) is 0 Å². The normalized spacial score (nSPS) is 13.2. The Morgan fingerprint density at radius 1 is 1.50 bits per heavy atom. The zero-order valence-corrected chi connectivity index (χ0v) is 11.2. The van der Waals surface area contributed by atoms with Crippen LogP contribution in [0.5, 0.6) is 5.75 Å². The number of fused-ring (bicyclic) bond motifs is 1. The van der Waals surface area contributed by atoms with E-state index in [2.05, 4.69) is 16.0 Å². The average Bonchev–Trinajstić information content (AvgIpc) is 2.44. The minimum atomic E-state index is -0.184. The van der Waals surface area contributed by atoms with Crippen LogP contribution in [0.1, 0.15) is 0 Å². The summed E-state index contributed by atoms with van der Waals surface area (Å²) in [6.07, 6.45) is 0. The fourth-order valence-electron chi connectivity index (χ4n) is 1.73. The van der Waals surface area contributed by atoms with Gasteiger partial charge in [0.2, 0.25) is 5.91 Å². The van der Waals surface area contributed by atoms with Gasteiger partial charge in [-0.05, 0) is 12.1 Å². The van der Waals surface area contributed by atoms with Crippen LogP contribution in [0, 0.1) is 0 Å². The van der Waals surface area contributed by atoms with Gasteiger partial charge >= 0.3 is 0 Å². The minimum absolute atomic E-state index is 0.0109. The number of rotatable bonds is 6. The molecule has 1 aromatic carbocycles. The number of carbonyl (C=O) groups excluding carboxylic acids is 2. The van der Waals surface area contributed by atoms with E-state index in [4.69, 9.17) is 9.47 Å². The summed E-state index contributed by atoms with van der Waals surface area (Å²) in [4.78, 5) is 22.8. The van der Waals surface area contributed by atoms with Crippen LogP contribution in [0.25, 0.3) is 0 Å². The summed E-state index contributed by atoms with van der Waals surface area (Å²) in [6, 6.07) is 5.09. The van der Waals surface area contributed by atoms with Crippen LogP contribution in [0.4, 0.5) is 11.4 Å². The largest absolute Gasteiger partial charge is 0.482 e. The molecule has 20 heavy (non-hydrogen) atoms. The third kappa shape index (κ3) is 3.94. The number of nitrogens with one attached hydrogen (secondary N) is 3. The van der Waals surface area contributed by atoms with Gasteiger partial charge in [-0.2, -0.15) is 0 Å². The Morgan fingerprint density at radius 2 is 2.35 bits per heavy atom. The first-order valence-corrected chi connectivity index (χ1v) is 6.25. The Balaban J connectivity index is 1.87. The van der Waals surface area contributed by atoms with Gasteiger partial charge in [-0.25, -0.2) is 0 Å². The molecule has 0 unspecified atom stereocenters. The summed E-state index contributed by atoms with van der Waals surface area (Å²) in [5.74, 6) is 0.215. The van der Waals surface area contributed by atoms with Gasteiger partial charge in [-0.3, -0.25) is 9.59 Å². The highest BCUT2D eigenvalue weighted by Gasteiger charge is 2.16. The maximum atomic E-state index is 11.7. The number of ether oxygens (including phenoxy) is 2. The molecule has 1 aliphatic rings. The summed E-state index contributed by atoms with van der Waals surface area (Å²) < 4.78 is 10.1. The van der Waals surface area contributed by atoms with Crippen LogP contribution in [-0.4, -0.2) is 45.2 Å². The molecule has 2 amide bonds.